The number of unbranched alkanes of at least 4 members (excludes halogenated alkanes) is 15. The molecule has 0 saturated carbocycles. The maximum absolute atomic E-state index is 8.24. The second-order valence-corrected chi connectivity index (χ2v) is 6.15. The fourth-order valence-electron chi connectivity index (χ4n) is 2.71. The van der Waals surface area contributed by atoms with E-state index in [0.717, 1.165) is 6.42 Å². The molecule has 122 valence electrons. The molecule has 0 N–H and O–H groups in total. The van der Waals surface area contributed by atoms with Crippen molar-refractivity contribution in [2.75, 3.05) is 0 Å². The molecule has 0 atom stereocenters. The fourth-order valence-corrected chi connectivity index (χ4v) is 2.71. The van der Waals surface area contributed by atoms with Gasteiger partial charge in [0.1, 0.15) is 0 Å². The Labute approximate surface area is 133 Å². The highest BCUT2D eigenvalue weighted by atomic mass is 14.7. The number of aliphatic imine (C=N–C) groups is 1. The van der Waals surface area contributed by atoms with E-state index in [1.54, 1.807) is 12.4 Å². The Hall–Kier alpha value is -0.840. The number of hydrogen-bond acceptors (Lipinski definition) is 2. The van der Waals surface area contributed by atoms with E-state index in [-0.39, 0.29) is 0 Å². The Morgan fingerprint density at radius 1 is 0.667 bits per heavy atom. The highest BCUT2D eigenvalue weighted by molar-refractivity contribution is 5.58. The summed E-state index contributed by atoms with van der Waals surface area (Å²) in [6, 6.07) is 0. The van der Waals surface area contributed by atoms with Gasteiger partial charge in [0.15, 0.2) is 0 Å². The van der Waals surface area contributed by atoms with Crippen molar-refractivity contribution >= 4 is 6.21 Å². The summed E-state index contributed by atoms with van der Waals surface area (Å²) in [6.07, 6.45) is 25.4. The predicted molar refractivity (Wildman–Crippen MR) is 93.7 cm³/mol. The van der Waals surface area contributed by atoms with E-state index in [4.69, 9.17) is 5.26 Å². The van der Waals surface area contributed by atoms with Crippen molar-refractivity contribution in [3.63, 3.8) is 0 Å². The predicted octanol–water partition coefficient (Wildman–Crippen LogP) is 6.80. The molecular formula is C19H36N2. The molecule has 0 aliphatic carbocycles. The van der Waals surface area contributed by atoms with Gasteiger partial charge in [0, 0.05) is 6.21 Å². The Balaban J connectivity index is 2.96. The second-order valence-electron chi connectivity index (χ2n) is 6.15. The molecule has 0 amide bonds. The standard InChI is InChI=1S/C19H36N2/c1-2-3-4-5-6-7-8-9-10-11-12-13-14-15-16-17-18-21-19-20/h18H,2-17H2,1H3. The zero-order chi connectivity index (χ0) is 15.4. The number of nitriles is 1. The summed E-state index contributed by atoms with van der Waals surface area (Å²) >= 11 is 0. The van der Waals surface area contributed by atoms with Crippen LogP contribution in [0.1, 0.15) is 110 Å². The Morgan fingerprint density at radius 3 is 1.43 bits per heavy atom. The van der Waals surface area contributed by atoms with Crippen molar-refractivity contribution in [2.24, 2.45) is 4.99 Å². The molecule has 2 heteroatoms. The number of nitrogens with zero attached hydrogens (tertiary/aromatic N) is 2. The van der Waals surface area contributed by atoms with Gasteiger partial charge in [-0.3, -0.25) is 0 Å². The van der Waals surface area contributed by atoms with E-state index in [2.05, 4.69) is 11.9 Å². The maximum Gasteiger partial charge on any atom is 0.205 e. The summed E-state index contributed by atoms with van der Waals surface area (Å²) in [5.74, 6) is 0. The summed E-state index contributed by atoms with van der Waals surface area (Å²) in [6.45, 7) is 2.28. The lowest BCUT2D eigenvalue weighted by Crippen LogP contribution is -1.83. The molecule has 21 heavy (non-hydrogen) atoms. The summed E-state index contributed by atoms with van der Waals surface area (Å²) in [5.41, 5.74) is 0. The highest BCUT2D eigenvalue weighted by Gasteiger charge is 1.94. The molecule has 0 aromatic heterocycles. The SMILES string of the molecule is CCCCCCCCCCCCCCCCCC=NC#N. The Kier molecular flexibility index (Phi) is 18.4. The smallest absolute Gasteiger partial charge is 0.186 e. The van der Waals surface area contributed by atoms with Gasteiger partial charge < -0.3 is 0 Å². The molecule has 0 aromatic rings. The molecule has 0 aliphatic rings. The van der Waals surface area contributed by atoms with Crippen LogP contribution in [0.25, 0.3) is 0 Å². The van der Waals surface area contributed by atoms with Crippen LogP contribution >= 0.6 is 0 Å². The third kappa shape index (κ3) is 19.2. The van der Waals surface area contributed by atoms with Gasteiger partial charge in [-0.15, -0.1) is 0 Å². The third-order valence-corrected chi connectivity index (χ3v) is 4.09. The van der Waals surface area contributed by atoms with Crippen molar-refractivity contribution in [1.82, 2.24) is 0 Å². The summed E-state index contributed by atoms with van der Waals surface area (Å²) in [7, 11) is 0. The molecule has 0 unspecified atom stereocenters. The quantitative estimate of drug-likeness (QED) is 0.175. The Morgan fingerprint density at radius 2 is 1.05 bits per heavy atom. The number of hydrogen-bond donors (Lipinski definition) is 0. The molecule has 2 nitrogen and oxygen atoms in total. The van der Waals surface area contributed by atoms with Crippen LogP contribution in [0.4, 0.5) is 0 Å². The van der Waals surface area contributed by atoms with Gasteiger partial charge in [0.05, 0.1) is 0 Å². The van der Waals surface area contributed by atoms with Crippen molar-refractivity contribution in [3.8, 4) is 6.19 Å². The topological polar surface area (TPSA) is 36.1 Å². The van der Waals surface area contributed by atoms with Crippen LogP contribution in [0.15, 0.2) is 4.99 Å². The van der Waals surface area contributed by atoms with E-state index < -0.39 is 0 Å². The minimum Gasteiger partial charge on any atom is -0.186 e. The van der Waals surface area contributed by atoms with Crippen molar-refractivity contribution in [3.05, 3.63) is 0 Å². The maximum atomic E-state index is 8.24. The van der Waals surface area contributed by atoms with E-state index in [1.165, 1.54) is 96.3 Å². The van der Waals surface area contributed by atoms with Crippen LogP contribution < -0.4 is 0 Å². The first-order chi connectivity index (χ1) is 10.4. The van der Waals surface area contributed by atoms with Crippen LogP contribution in [0.5, 0.6) is 0 Å². The lowest BCUT2D eigenvalue weighted by atomic mass is 10.0. The third-order valence-electron chi connectivity index (χ3n) is 4.09. The van der Waals surface area contributed by atoms with Gasteiger partial charge in [-0.05, 0) is 12.8 Å². The van der Waals surface area contributed by atoms with Crippen LogP contribution in [-0.4, -0.2) is 6.21 Å². The lowest BCUT2D eigenvalue weighted by Gasteiger charge is -2.03. The molecule has 0 aliphatic heterocycles. The van der Waals surface area contributed by atoms with E-state index in [9.17, 15) is 0 Å². The monoisotopic (exact) mass is 292 g/mol. The van der Waals surface area contributed by atoms with Crippen LogP contribution in [0, 0.1) is 11.5 Å². The fraction of sp³-hybridized carbons (Fsp3) is 0.895. The van der Waals surface area contributed by atoms with Crippen LogP contribution in [0.2, 0.25) is 0 Å². The second kappa shape index (κ2) is 19.2. The molecule has 0 aromatic carbocycles. The first-order valence-corrected chi connectivity index (χ1v) is 9.32. The average molecular weight is 293 g/mol. The van der Waals surface area contributed by atoms with Gasteiger partial charge >= 0.3 is 0 Å². The molecular weight excluding hydrogens is 256 g/mol. The zero-order valence-electron chi connectivity index (χ0n) is 14.3. The molecule has 0 saturated heterocycles. The van der Waals surface area contributed by atoms with Gasteiger partial charge in [0.25, 0.3) is 0 Å². The molecule has 0 spiro atoms. The van der Waals surface area contributed by atoms with Crippen molar-refractivity contribution in [2.45, 2.75) is 110 Å². The summed E-state index contributed by atoms with van der Waals surface area (Å²) in [5, 5.41) is 8.24. The largest absolute Gasteiger partial charge is 0.205 e. The number of rotatable bonds is 16. The van der Waals surface area contributed by atoms with E-state index >= 15 is 0 Å². The van der Waals surface area contributed by atoms with E-state index in [1.807, 2.05) is 0 Å². The first kappa shape index (κ1) is 20.2. The van der Waals surface area contributed by atoms with Gasteiger partial charge in [-0.1, -0.05) is 96.8 Å². The summed E-state index contributed by atoms with van der Waals surface area (Å²) < 4.78 is 0. The van der Waals surface area contributed by atoms with Crippen molar-refractivity contribution in [1.29, 1.82) is 5.26 Å². The van der Waals surface area contributed by atoms with E-state index in [0.29, 0.717) is 0 Å². The zero-order valence-corrected chi connectivity index (χ0v) is 14.3. The van der Waals surface area contributed by atoms with Gasteiger partial charge in [-0.25, -0.2) is 0 Å². The van der Waals surface area contributed by atoms with Crippen molar-refractivity contribution < 1.29 is 0 Å². The average Bonchev–Trinajstić information content (AvgIpc) is 2.50. The van der Waals surface area contributed by atoms with Gasteiger partial charge in [0.2, 0.25) is 6.19 Å². The molecule has 0 bridgehead atoms. The minimum atomic E-state index is 0.964. The van der Waals surface area contributed by atoms with Crippen LogP contribution in [0.3, 0.4) is 0 Å². The van der Waals surface area contributed by atoms with Gasteiger partial charge in [-0.2, -0.15) is 10.3 Å². The first-order valence-electron chi connectivity index (χ1n) is 9.32. The normalized spacial score (nSPS) is 11.0. The molecule has 0 radical (unpaired) electrons. The molecule has 0 rings (SSSR count). The van der Waals surface area contributed by atoms with Crippen LogP contribution in [-0.2, 0) is 0 Å². The Bertz CT molecular complexity index is 253. The molecule has 0 heterocycles. The lowest BCUT2D eigenvalue weighted by molar-refractivity contribution is 0.533. The summed E-state index contributed by atoms with van der Waals surface area (Å²) in [4.78, 5) is 3.56. The highest BCUT2D eigenvalue weighted by Crippen LogP contribution is 2.13. The molecule has 0 fully saturated rings. The minimum absolute atomic E-state index is 0.964.